The summed E-state index contributed by atoms with van der Waals surface area (Å²) < 4.78 is 10.7. The summed E-state index contributed by atoms with van der Waals surface area (Å²) in [5.74, 6) is -0.0824. The molecule has 1 N–H and O–H groups in total. The molecule has 1 amide bonds. The first-order chi connectivity index (χ1) is 8.83. The molecule has 1 fully saturated rings. The predicted octanol–water partition coefficient (Wildman–Crippen LogP) is 0.642. The zero-order valence-corrected chi connectivity index (χ0v) is 11.5. The van der Waals surface area contributed by atoms with E-state index < -0.39 is 0 Å². The Labute approximate surface area is 110 Å². The predicted molar refractivity (Wildman–Crippen MR) is 70.6 cm³/mol. The molecule has 0 atom stereocenters. The molecule has 0 aliphatic carbocycles. The Morgan fingerprint density at radius 1 is 1.11 bits per heavy atom. The van der Waals surface area contributed by atoms with Gasteiger partial charge in [0.1, 0.15) is 6.61 Å². The van der Waals surface area contributed by atoms with Gasteiger partial charge in [-0.05, 0) is 32.4 Å². The molecule has 0 aromatic heterocycles. The summed E-state index contributed by atoms with van der Waals surface area (Å²) in [5.41, 5.74) is 0. The Balaban J connectivity index is 1.79. The molecule has 1 rings (SSSR count). The molecule has 1 aliphatic heterocycles. The molecule has 0 aromatic carbocycles. The van der Waals surface area contributed by atoms with Gasteiger partial charge >= 0.3 is 0 Å². The fourth-order valence-corrected chi connectivity index (χ4v) is 1.98. The second-order valence-electron chi connectivity index (χ2n) is 4.59. The van der Waals surface area contributed by atoms with Crippen molar-refractivity contribution in [1.29, 1.82) is 0 Å². The molecule has 18 heavy (non-hydrogen) atoms. The van der Waals surface area contributed by atoms with Crippen molar-refractivity contribution in [2.75, 3.05) is 53.1 Å². The van der Waals surface area contributed by atoms with Gasteiger partial charge in [-0.2, -0.15) is 0 Å². The second kappa shape index (κ2) is 10.3. The van der Waals surface area contributed by atoms with Gasteiger partial charge in [-0.3, -0.25) is 4.79 Å². The van der Waals surface area contributed by atoms with Crippen LogP contribution in [0.5, 0.6) is 0 Å². The van der Waals surface area contributed by atoms with Crippen LogP contribution >= 0.6 is 0 Å². The monoisotopic (exact) mass is 258 g/mol. The van der Waals surface area contributed by atoms with Crippen LogP contribution in [-0.4, -0.2) is 63.9 Å². The quantitative estimate of drug-likeness (QED) is 0.617. The van der Waals surface area contributed by atoms with Gasteiger partial charge in [0.25, 0.3) is 0 Å². The fourth-order valence-electron chi connectivity index (χ4n) is 1.98. The summed E-state index contributed by atoms with van der Waals surface area (Å²) in [7, 11) is 1.61. The molecule has 1 saturated heterocycles. The van der Waals surface area contributed by atoms with Crippen molar-refractivity contribution in [3.05, 3.63) is 0 Å². The third kappa shape index (κ3) is 7.63. The van der Waals surface area contributed by atoms with Crippen molar-refractivity contribution in [1.82, 2.24) is 10.2 Å². The van der Waals surface area contributed by atoms with Crippen LogP contribution in [-0.2, 0) is 14.3 Å². The van der Waals surface area contributed by atoms with Gasteiger partial charge in [0, 0.05) is 26.8 Å². The van der Waals surface area contributed by atoms with Gasteiger partial charge in [-0.25, -0.2) is 0 Å². The topological polar surface area (TPSA) is 50.8 Å². The number of piperidine rings is 1. The van der Waals surface area contributed by atoms with Crippen LogP contribution in [0.1, 0.15) is 25.7 Å². The third-order valence-electron chi connectivity index (χ3n) is 3.09. The highest BCUT2D eigenvalue weighted by molar-refractivity contribution is 5.76. The van der Waals surface area contributed by atoms with Gasteiger partial charge in [-0.1, -0.05) is 6.42 Å². The van der Waals surface area contributed by atoms with Gasteiger partial charge in [0.2, 0.25) is 5.91 Å². The van der Waals surface area contributed by atoms with E-state index in [-0.39, 0.29) is 12.5 Å². The maximum atomic E-state index is 10.8. The van der Waals surface area contributed by atoms with Crippen LogP contribution in [0.2, 0.25) is 0 Å². The molecule has 0 aromatic rings. The number of hydrogen-bond donors (Lipinski definition) is 1. The summed E-state index contributed by atoms with van der Waals surface area (Å²) in [6.45, 7) is 5.72. The Bertz CT molecular complexity index is 218. The van der Waals surface area contributed by atoms with Crippen LogP contribution in [0.15, 0.2) is 0 Å². The van der Waals surface area contributed by atoms with Crippen molar-refractivity contribution in [2.45, 2.75) is 25.7 Å². The molecule has 1 heterocycles. The molecule has 1 aliphatic rings. The zero-order chi connectivity index (χ0) is 13.1. The number of nitrogens with zero attached hydrogens (tertiary/aromatic N) is 1. The highest BCUT2D eigenvalue weighted by Crippen LogP contribution is 2.07. The fraction of sp³-hybridized carbons (Fsp3) is 0.923. The van der Waals surface area contributed by atoms with E-state index in [0.717, 1.165) is 19.6 Å². The van der Waals surface area contributed by atoms with E-state index in [2.05, 4.69) is 10.2 Å². The summed E-state index contributed by atoms with van der Waals surface area (Å²) in [5, 5.41) is 2.51. The highest BCUT2D eigenvalue weighted by atomic mass is 16.5. The minimum absolute atomic E-state index is 0.0824. The van der Waals surface area contributed by atoms with Gasteiger partial charge in [0.05, 0.1) is 6.61 Å². The summed E-state index contributed by atoms with van der Waals surface area (Å²) in [4.78, 5) is 13.3. The molecular weight excluding hydrogens is 232 g/mol. The van der Waals surface area contributed by atoms with E-state index in [1.165, 1.54) is 32.4 Å². The Hall–Kier alpha value is -0.650. The van der Waals surface area contributed by atoms with Crippen LogP contribution in [0, 0.1) is 0 Å². The summed E-state index contributed by atoms with van der Waals surface area (Å²) in [6.07, 6.45) is 4.87. The van der Waals surface area contributed by atoms with Crippen molar-refractivity contribution in [3.8, 4) is 0 Å². The molecule has 0 saturated carbocycles. The molecule has 106 valence electrons. The maximum absolute atomic E-state index is 10.8. The lowest BCUT2D eigenvalue weighted by molar-refractivity contribution is -0.125. The average molecular weight is 258 g/mol. The average Bonchev–Trinajstić information content (AvgIpc) is 2.42. The van der Waals surface area contributed by atoms with Crippen LogP contribution in [0.4, 0.5) is 0 Å². The minimum Gasteiger partial charge on any atom is -0.380 e. The lowest BCUT2D eigenvalue weighted by atomic mass is 10.1. The highest BCUT2D eigenvalue weighted by Gasteiger charge is 2.08. The number of carbonyl (C=O) groups is 1. The third-order valence-corrected chi connectivity index (χ3v) is 3.09. The first-order valence-corrected chi connectivity index (χ1v) is 6.91. The first kappa shape index (κ1) is 15.4. The number of likely N-dealkylation sites (tertiary alicyclic amines) is 1. The lowest BCUT2D eigenvalue weighted by Crippen LogP contribution is -2.32. The summed E-state index contributed by atoms with van der Waals surface area (Å²) >= 11 is 0. The number of hydrogen-bond acceptors (Lipinski definition) is 4. The molecule has 0 bridgehead atoms. The summed E-state index contributed by atoms with van der Waals surface area (Å²) in [6, 6.07) is 0. The Kier molecular flexibility index (Phi) is 8.81. The number of rotatable bonds is 9. The van der Waals surface area contributed by atoms with Crippen molar-refractivity contribution in [2.24, 2.45) is 0 Å². The molecule has 0 spiro atoms. The smallest absolute Gasteiger partial charge is 0.245 e. The largest absolute Gasteiger partial charge is 0.380 e. The standard InChI is InChI=1S/C13H26N2O3/c1-14-13(16)12-18-10-5-9-17-11-8-15-6-3-2-4-7-15/h2-12H2,1H3,(H,14,16). The molecule has 0 radical (unpaired) electrons. The second-order valence-corrected chi connectivity index (χ2v) is 4.59. The lowest BCUT2D eigenvalue weighted by Gasteiger charge is -2.26. The first-order valence-electron chi connectivity index (χ1n) is 6.91. The van der Waals surface area contributed by atoms with E-state index >= 15 is 0 Å². The van der Waals surface area contributed by atoms with E-state index in [4.69, 9.17) is 9.47 Å². The van der Waals surface area contributed by atoms with Gasteiger partial charge in [-0.15, -0.1) is 0 Å². The van der Waals surface area contributed by atoms with E-state index in [1.54, 1.807) is 7.05 Å². The Morgan fingerprint density at radius 2 is 1.83 bits per heavy atom. The van der Waals surface area contributed by atoms with Gasteiger partial charge < -0.3 is 19.7 Å². The number of carbonyl (C=O) groups excluding carboxylic acids is 1. The molecule has 5 heteroatoms. The molecular formula is C13H26N2O3. The van der Waals surface area contributed by atoms with Crippen LogP contribution in [0.25, 0.3) is 0 Å². The van der Waals surface area contributed by atoms with Crippen molar-refractivity contribution in [3.63, 3.8) is 0 Å². The van der Waals surface area contributed by atoms with Crippen molar-refractivity contribution >= 4 is 5.91 Å². The van der Waals surface area contributed by atoms with Crippen LogP contribution in [0.3, 0.4) is 0 Å². The van der Waals surface area contributed by atoms with Gasteiger partial charge in [0.15, 0.2) is 0 Å². The SMILES string of the molecule is CNC(=O)COCCCOCCN1CCCCC1. The minimum atomic E-state index is -0.0824. The molecule has 5 nitrogen and oxygen atoms in total. The zero-order valence-electron chi connectivity index (χ0n) is 11.5. The Morgan fingerprint density at radius 3 is 2.56 bits per heavy atom. The number of ether oxygens (including phenoxy) is 2. The molecule has 0 unspecified atom stereocenters. The van der Waals surface area contributed by atoms with Crippen LogP contribution < -0.4 is 5.32 Å². The number of nitrogens with one attached hydrogen (secondary N) is 1. The van der Waals surface area contributed by atoms with E-state index in [1.807, 2.05) is 0 Å². The normalized spacial score (nSPS) is 16.7. The number of amides is 1. The maximum Gasteiger partial charge on any atom is 0.245 e. The van der Waals surface area contributed by atoms with E-state index in [9.17, 15) is 4.79 Å². The van der Waals surface area contributed by atoms with Crippen molar-refractivity contribution < 1.29 is 14.3 Å². The van der Waals surface area contributed by atoms with E-state index in [0.29, 0.717) is 13.2 Å². The number of likely N-dealkylation sites (N-methyl/N-ethyl adjacent to an activating group) is 1.